The highest BCUT2D eigenvalue weighted by Gasteiger charge is 2.08. The van der Waals surface area contributed by atoms with Gasteiger partial charge in [-0.1, -0.05) is 23.4 Å². The fourth-order valence-electron chi connectivity index (χ4n) is 1.59. The normalized spacial score (nSPS) is 12.3. The molecule has 120 valence electrons. The highest BCUT2D eigenvalue weighted by molar-refractivity contribution is 7.99. The molecule has 1 heterocycles. The molecule has 0 fully saturated rings. The average Bonchev–Trinajstić information content (AvgIpc) is 2.92. The third kappa shape index (κ3) is 5.84. The molecule has 2 aromatic rings. The molecule has 1 N–H and O–H groups in total. The SMILES string of the molecule is Cn1cnnc1SC[C@@H](O)COCCOc1ccc(Cl)cc1. The summed E-state index contributed by atoms with van der Waals surface area (Å²) in [6, 6.07) is 7.14. The maximum atomic E-state index is 9.83. The highest BCUT2D eigenvalue weighted by Crippen LogP contribution is 2.16. The van der Waals surface area contributed by atoms with Gasteiger partial charge in [0.25, 0.3) is 0 Å². The van der Waals surface area contributed by atoms with Gasteiger partial charge >= 0.3 is 0 Å². The standard InChI is InChI=1S/C14H18ClN3O3S/c1-18-10-16-17-14(18)22-9-12(19)8-20-6-7-21-13-4-2-11(15)3-5-13/h2-5,10,12,19H,6-9H2,1H3/t12-/m0/s1. The summed E-state index contributed by atoms with van der Waals surface area (Å²) >= 11 is 7.23. The van der Waals surface area contributed by atoms with Gasteiger partial charge in [0, 0.05) is 17.8 Å². The van der Waals surface area contributed by atoms with E-state index >= 15 is 0 Å². The minimum atomic E-state index is -0.558. The molecule has 0 aliphatic carbocycles. The number of aryl methyl sites for hydroxylation is 1. The third-order valence-corrected chi connectivity index (χ3v) is 4.13. The summed E-state index contributed by atoms with van der Waals surface area (Å²) in [7, 11) is 1.86. The number of aliphatic hydroxyl groups excluding tert-OH is 1. The van der Waals surface area contributed by atoms with Crippen molar-refractivity contribution in [3.05, 3.63) is 35.6 Å². The van der Waals surface area contributed by atoms with Crippen LogP contribution in [0.4, 0.5) is 0 Å². The van der Waals surface area contributed by atoms with Crippen LogP contribution >= 0.6 is 23.4 Å². The number of thioether (sulfide) groups is 1. The molecule has 1 aromatic carbocycles. The van der Waals surface area contributed by atoms with Crippen molar-refractivity contribution in [2.24, 2.45) is 7.05 Å². The fraction of sp³-hybridized carbons (Fsp3) is 0.429. The summed E-state index contributed by atoms with van der Waals surface area (Å²) in [5.74, 6) is 1.25. The van der Waals surface area contributed by atoms with Gasteiger partial charge in [-0.3, -0.25) is 0 Å². The number of benzene rings is 1. The van der Waals surface area contributed by atoms with Crippen molar-refractivity contribution in [1.29, 1.82) is 0 Å². The Bertz CT molecular complexity index is 565. The molecule has 22 heavy (non-hydrogen) atoms. The summed E-state index contributed by atoms with van der Waals surface area (Å²) in [6.07, 6.45) is 1.07. The molecule has 0 spiro atoms. The number of aromatic nitrogens is 3. The Morgan fingerprint density at radius 1 is 1.32 bits per heavy atom. The van der Waals surface area contributed by atoms with Crippen LogP contribution in [0.15, 0.2) is 35.7 Å². The van der Waals surface area contributed by atoms with Gasteiger partial charge in [0.15, 0.2) is 5.16 Å². The first kappa shape index (κ1) is 17.1. The topological polar surface area (TPSA) is 69.4 Å². The molecule has 0 saturated carbocycles. The maximum absolute atomic E-state index is 9.83. The molecule has 1 atom stereocenters. The summed E-state index contributed by atoms with van der Waals surface area (Å²) in [4.78, 5) is 0. The van der Waals surface area contributed by atoms with Gasteiger partial charge in [-0.2, -0.15) is 0 Å². The first-order chi connectivity index (χ1) is 10.6. The van der Waals surface area contributed by atoms with Gasteiger partial charge in [-0.05, 0) is 24.3 Å². The Hall–Kier alpha value is -1.28. The second kappa shape index (κ2) is 8.99. The predicted octanol–water partition coefficient (Wildman–Crippen LogP) is 2.02. The zero-order chi connectivity index (χ0) is 15.8. The van der Waals surface area contributed by atoms with E-state index in [0.717, 1.165) is 10.9 Å². The highest BCUT2D eigenvalue weighted by atomic mass is 35.5. The van der Waals surface area contributed by atoms with Crippen molar-refractivity contribution < 1.29 is 14.6 Å². The maximum Gasteiger partial charge on any atom is 0.190 e. The Kier molecular flexibility index (Phi) is 6.98. The molecule has 0 saturated heterocycles. The molecule has 2 rings (SSSR count). The number of rotatable bonds is 9. The quantitative estimate of drug-likeness (QED) is 0.555. The Labute approximate surface area is 138 Å². The van der Waals surface area contributed by atoms with Crippen LogP contribution in [0, 0.1) is 0 Å². The van der Waals surface area contributed by atoms with Crippen molar-refractivity contribution >= 4 is 23.4 Å². The van der Waals surface area contributed by atoms with Crippen molar-refractivity contribution in [3.8, 4) is 5.75 Å². The van der Waals surface area contributed by atoms with Crippen LogP contribution < -0.4 is 4.74 Å². The number of ether oxygens (including phenoxy) is 2. The van der Waals surface area contributed by atoms with E-state index in [1.54, 1.807) is 35.2 Å². The van der Waals surface area contributed by atoms with Crippen LogP contribution in [0.3, 0.4) is 0 Å². The molecule has 0 radical (unpaired) electrons. The van der Waals surface area contributed by atoms with Gasteiger partial charge in [0.1, 0.15) is 18.7 Å². The fourth-order valence-corrected chi connectivity index (χ4v) is 2.51. The number of aliphatic hydroxyl groups is 1. The van der Waals surface area contributed by atoms with Gasteiger partial charge in [0.2, 0.25) is 0 Å². The van der Waals surface area contributed by atoms with E-state index in [2.05, 4.69) is 10.2 Å². The minimum absolute atomic E-state index is 0.259. The number of hydrogen-bond acceptors (Lipinski definition) is 6. The van der Waals surface area contributed by atoms with Crippen molar-refractivity contribution in [2.45, 2.75) is 11.3 Å². The van der Waals surface area contributed by atoms with Crippen LogP contribution in [0.25, 0.3) is 0 Å². The first-order valence-corrected chi connectivity index (χ1v) is 8.12. The zero-order valence-electron chi connectivity index (χ0n) is 12.2. The van der Waals surface area contributed by atoms with E-state index in [9.17, 15) is 5.11 Å². The van der Waals surface area contributed by atoms with E-state index in [-0.39, 0.29) is 6.61 Å². The second-order valence-electron chi connectivity index (χ2n) is 4.57. The lowest BCUT2D eigenvalue weighted by atomic mass is 10.3. The van der Waals surface area contributed by atoms with Crippen LogP contribution in [0.1, 0.15) is 0 Å². The molecule has 8 heteroatoms. The summed E-state index contributed by atoms with van der Waals surface area (Å²) in [5, 5.41) is 19.0. The lowest BCUT2D eigenvalue weighted by molar-refractivity contribution is 0.0348. The van der Waals surface area contributed by atoms with Crippen molar-refractivity contribution in [2.75, 3.05) is 25.6 Å². The zero-order valence-corrected chi connectivity index (χ0v) is 13.8. The molecule has 0 aliphatic rings. The van der Waals surface area contributed by atoms with E-state index in [1.165, 1.54) is 11.8 Å². The van der Waals surface area contributed by atoms with Gasteiger partial charge in [-0.15, -0.1) is 10.2 Å². The first-order valence-electron chi connectivity index (χ1n) is 6.76. The van der Waals surface area contributed by atoms with Gasteiger partial charge < -0.3 is 19.1 Å². The monoisotopic (exact) mass is 343 g/mol. The summed E-state index contributed by atoms with van der Waals surface area (Å²) < 4.78 is 12.7. The largest absolute Gasteiger partial charge is 0.491 e. The van der Waals surface area contributed by atoms with Crippen molar-refractivity contribution in [3.63, 3.8) is 0 Å². The third-order valence-electron chi connectivity index (χ3n) is 2.69. The van der Waals surface area contributed by atoms with Crippen LogP contribution in [-0.4, -0.2) is 51.5 Å². The Morgan fingerprint density at radius 2 is 2.09 bits per heavy atom. The average molecular weight is 344 g/mol. The Morgan fingerprint density at radius 3 is 2.77 bits per heavy atom. The predicted molar refractivity (Wildman–Crippen MR) is 85.5 cm³/mol. The smallest absolute Gasteiger partial charge is 0.190 e. The lowest BCUT2D eigenvalue weighted by Gasteiger charge is -2.11. The minimum Gasteiger partial charge on any atom is -0.491 e. The molecular weight excluding hydrogens is 326 g/mol. The lowest BCUT2D eigenvalue weighted by Crippen LogP contribution is -2.20. The van der Waals surface area contributed by atoms with Crippen molar-refractivity contribution in [1.82, 2.24) is 14.8 Å². The number of halogens is 1. The van der Waals surface area contributed by atoms with Gasteiger partial charge in [-0.25, -0.2) is 0 Å². The number of nitrogens with zero attached hydrogens (tertiary/aromatic N) is 3. The van der Waals surface area contributed by atoms with E-state index < -0.39 is 6.10 Å². The van der Waals surface area contributed by atoms with E-state index in [1.807, 2.05) is 7.05 Å². The summed E-state index contributed by atoms with van der Waals surface area (Å²) in [6.45, 7) is 1.09. The molecule has 0 amide bonds. The molecule has 1 aromatic heterocycles. The molecular formula is C14H18ClN3O3S. The van der Waals surface area contributed by atoms with Crippen LogP contribution in [0.2, 0.25) is 5.02 Å². The summed E-state index contributed by atoms with van der Waals surface area (Å²) in [5.41, 5.74) is 0. The van der Waals surface area contributed by atoms with Crippen LogP contribution in [-0.2, 0) is 11.8 Å². The van der Waals surface area contributed by atoms with E-state index in [4.69, 9.17) is 21.1 Å². The molecule has 6 nitrogen and oxygen atoms in total. The number of hydrogen-bond donors (Lipinski definition) is 1. The second-order valence-corrected chi connectivity index (χ2v) is 5.99. The molecule has 0 aliphatic heterocycles. The molecule has 0 bridgehead atoms. The van der Waals surface area contributed by atoms with E-state index in [0.29, 0.717) is 24.0 Å². The molecule has 0 unspecified atom stereocenters. The van der Waals surface area contributed by atoms with Crippen LogP contribution in [0.5, 0.6) is 5.75 Å². The van der Waals surface area contributed by atoms with Gasteiger partial charge in [0.05, 0.1) is 19.3 Å². The Balaban J connectivity index is 1.54.